The fourth-order valence-electron chi connectivity index (χ4n) is 1.20. The van der Waals surface area contributed by atoms with Gasteiger partial charge in [-0.2, -0.15) is 0 Å². The van der Waals surface area contributed by atoms with E-state index in [1.165, 1.54) is 0 Å². The molecule has 2 atom stereocenters. The molecule has 1 fully saturated rings. The molecule has 0 bridgehead atoms. The van der Waals surface area contributed by atoms with Crippen molar-refractivity contribution < 1.29 is 4.79 Å². The minimum Gasteiger partial charge on any atom is -0.326 e. The molecule has 1 rings (SSSR count). The van der Waals surface area contributed by atoms with Gasteiger partial charge in [-0.15, -0.1) is 0 Å². The fraction of sp³-hybridized carbons (Fsp3) is 0.833. The van der Waals surface area contributed by atoms with Crippen LogP contribution < -0.4 is 5.73 Å². The van der Waals surface area contributed by atoms with Crippen LogP contribution in [0.3, 0.4) is 0 Å². The van der Waals surface area contributed by atoms with Crippen LogP contribution in [0.2, 0.25) is 0 Å². The summed E-state index contributed by atoms with van der Waals surface area (Å²) in [6.07, 6.45) is 1.87. The summed E-state index contributed by atoms with van der Waals surface area (Å²) in [4.78, 5) is 12.3. The Morgan fingerprint density at radius 1 is 1.78 bits per heavy atom. The zero-order chi connectivity index (χ0) is 6.85. The van der Waals surface area contributed by atoms with Crippen molar-refractivity contribution in [1.82, 2.24) is 4.90 Å². The van der Waals surface area contributed by atoms with Crippen LogP contribution in [0.1, 0.15) is 6.42 Å². The molecule has 1 heterocycles. The number of nitrogens with two attached hydrogens (primary N) is 1. The normalized spacial score (nSPS) is 37.1. The zero-order valence-electron chi connectivity index (χ0n) is 5.58. The van der Waals surface area contributed by atoms with Crippen LogP contribution in [0.4, 0.5) is 0 Å². The lowest BCUT2D eigenvalue weighted by Crippen LogP contribution is -2.38. The lowest BCUT2D eigenvalue weighted by atomic mass is 10.2. The first-order valence-electron chi connectivity index (χ1n) is 3.17. The van der Waals surface area contributed by atoms with Crippen LogP contribution in [-0.2, 0) is 4.79 Å². The van der Waals surface area contributed by atoms with E-state index in [4.69, 9.17) is 5.73 Å². The van der Waals surface area contributed by atoms with Gasteiger partial charge in [-0.25, -0.2) is 0 Å². The van der Waals surface area contributed by atoms with Gasteiger partial charge in [0.2, 0.25) is 0 Å². The van der Waals surface area contributed by atoms with E-state index in [0.717, 1.165) is 19.3 Å². The highest BCUT2D eigenvalue weighted by molar-refractivity contribution is 5.59. The van der Waals surface area contributed by atoms with Crippen molar-refractivity contribution in [1.29, 1.82) is 0 Å². The maximum atomic E-state index is 10.3. The molecule has 0 unspecified atom stereocenters. The van der Waals surface area contributed by atoms with Gasteiger partial charge in [0.15, 0.2) is 0 Å². The quantitative estimate of drug-likeness (QED) is 0.471. The monoisotopic (exact) mass is 128 g/mol. The van der Waals surface area contributed by atoms with Crippen LogP contribution in [0, 0.1) is 0 Å². The van der Waals surface area contributed by atoms with Gasteiger partial charge in [-0.3, -0.25) is 4.90 Å². The minimum atomic E-state index is -0.0370. The van der Waals surface area contributed by atoms with Crippen LogP contribution in [0.25, 0.3) is 0 Å². The molecule has 0 aromatic heterocycles. The molecule has 0 spiro atoms. The Morgan fingerprint density at radius 2 is 2.44 bits per heavy atom. The molecular formula is C6H12N2O. The van der Waals surface area contributed by atoms with Crippen molar-refractivity contribution >= 4 is 6.29 Å². The van der Waals surface area contributed by atoms with Crippen LogP contribution >= 0.6 is 0 Å². The van der Waals surface area contributed by atoms with E-state index in [2.05, 4.69) is 0 Å². The van der Waals surface area contributed by atoms with Crippen molar-refractivity contribution in [2.24, 2.45) is 5.73 Å². The number of carbonyl (C=O) groups excluding carboxylic acids is 1. The number of hydrogen-bond donors (Lipinski definition) is 1. The van der Waals surface area contributed by atoms with Gasteiger partial charge in [-0.1, -0.05) is 0 Å². The third kappa shape index (κ3) is 1.11. The van der Waals surface area contributed by atoms with Gasteiger partial charge in [0.25, 0.3) is 0 Å². The third-order valence-electron chi connectivity index (χ3n) is 1.90. The second-order valence-corrected chi connectivity index (χ2v) is 2.56. The number of rotatable bonds is 1. The second kappa shape index (κ2) is 2.45. The Balaban J connectivity index is 2.54. The summed E-state index contributed by atoms with van der Waals surface area (Å²) in [7, 11) is 1.92. The van der Waals surface area contributed by atoms with Gasteiger partial charge >= 0.3 is 0 Å². The Morgan fingerprint density at radius 3 is 2.67 bits per heavy atom. The van der Waals surface area contributed by atoms with E-state index in [1.807, 2.05) is 11.9 Å². The minimum absolute atomic E-state index is 0.0370. The summed E-state index contributed by atoms with van der Waals surface area (Å²) >= 11 is 0. The van der Waals surface area contributed by atoms with Crippen LogP contribution in [0.15, 0.2) is 0 Å². The van der Waals surface area contributed by atoms with Crippen LogP contribution in [-0.4, -0.2) is 36.9 Å². The molecule has 3 nitrogen and oxygen atoms in total. The molecule has 9 heavy (non-hydrogen) atoms. The van der Waals surface area contributed by atoms with Crippen LogP contribution in [0.5, 0.6) is 0 Å². The topological polar surface area (TPSA) is 46.3 Å². The molecule has 52 valence electrons. The molecule has 1 aliphatic heterocycles. The number of carbonyl (C=O) groups is 1. The molecule has 0 radical (unpaired) electrons. The molecule has 0 aromatic carbocycles. The van der Waals surface area contributed by atoms with E-state index < -0.39 is 0 Å². The first-order valence-corrected chi connectivity index (χ1v) is 3.17. The lowest BCUT2D eigenvalue weighted by Gasteiger charge is -2.14. The Kier molecular flexibility index (Phi) is 1.83. The molecule has 0 aliphatic carbocycles. The second-order valence-electron chi connectivity index (χ2n) is 2.56. The number of likely N-dealkylation sites (N-methyl/N-ethyl adjacent to an activating group) is 1. The molecule has 0 aromatic rings. The highest BCUT2D eigenvalue weighted by Gasteiger charge is 2.27. The maximum absolute atomic E-state index is 10.3. The molecule has 1 saturated heterocycles. The molecule has 0 amide bonds. The predicted molar refractivity (Wildman–Crippen MR) is 35.1 cm³/mol. The van der Waals surface area contributed by atoms with E-state index in [9.17, 15) is 4.79 Å². The molecule has 3 heteroatoms. The van der Waals surface area contributed by atoms with Gasteiger partial charge in [0, 0.05) is 12.6 Å². The van der Waals surface area contributed by atoms with Crippen molar-refractivity contribution in [3.8, 4) is 0 Å². The van der Waals surface area contributed by atoms with Gasteiger partial charge in [0.1, 0.15) is 6.29 Å². The summed E-state index contributed by atoms with van der Waals surface area (Å²) in [6.45, 7) is 0.949. The Hall–Kier alpha value is -0.410. The van der Waals surface area contributed by atoms with Crippen molar-refractivity contribution in [3.63, 3.8) is 0 Å². The molecule has 2 N–H and O–H groups in total. The average molecular weight is 128 g/mol. The standard InChI is InChI=1S/C6H12N2O/c1-8-3-2-5(7)6(8)4-9/h4-6H,2-3,7H2,1H3/t5-,6+/m0/s1. The summed E-state index contributed by atoms with van der Waals surface area (Å²) < 4.78 is 0. The SMILES string of the molecule is CN1CC[C@H](N)[C@H]1C=O. The zero-order valence-corrected chi connectivity index (χ0v) is 5.58. The summed E-state index contributed by atoms with van der Waals surface area (Å²) in [5.74, 6) is 0. The largest absolute Gasteiger partial charge is 0.326 e. The van der Waals surface area contributed by atoms with Crippen molar-refractivity contribution in [3.05, 3.63) is 0 Å². The Labute approximate surface area is 54.8 Å². The van der Waals surface area contributed by atoms with Gasteiger partial charge < -0.3 is 10.5 Å². The highest BCUT2D eigenvalue weighted by atomic mass is 16.1. The van der Waals surface area contributed by atoms with Crippen molar-refractivity contribution in [2.75, 3.05) is 13.6 Å². The third-order valence-corrected chi connectivity index (χ3v) is 1.90. The predicted octanol–water partition coefficient (Wildman–Crippen LogP) is -0.783. The fourth-order valence-corrected chi connectivity index (χ4v) is 1.20. The smallest absolute Gasteiger partial charge is 0.138 e. The van der Waals surface area contributed by atoms with E-state index in [0.29, 0.717) is 0 Å². The molecule has 1 aliphatic rings. The number of hydrogen-bond acceptors (Lipinski definition) is 3. The lowest BCUT2D eigenvalue weighted by molar-refractivity contribution is -0.111. The van der Waals surface area contributed by atoms with Crippen molar-refractivity contribution in [2.45, 2.75) is 18.5 Å². The molecular weight excluding hydrogens is 116 g/mol. The highest BCUT2D eigenvalue weighted by Crippen LogP contribution is 2.10. The van der Waals surface area contributed by atoms with E-state index in [-0.39, 0.29) is 12.1 Å². The summed E-state index contributed by atoms with van der Waals surface area (Å²) in [5.41, 5.74) is 5.61. The Bertz CT molecular complexity index is 106. The van der Waals surface area contributed by atoms with E-state index in [1.54, 1.807) is 0 Å². The molecule has 0 saturated carbocycles. The number of aldehydes is 1. The first-order chi connectivity index (χ1) is 4.25. The van der Waals surface area contributed by atoms with E-state index >= 15 is 0 Å². The van der Waals surface area contributed by atoms with Gasteiger partial charge in [-0.05, 0) is 13.5 Å². The summed E-state index contributed by atoms with van der Waals surface area (Å²) in [6, 6.07) is 0.0255. The number of likely N-dealkylation sites (tertiary alicyclic amines) is 1. The number of nitrogens with zero attached hydrogens (tertiary/aromatic N) is 1. The van der Waals surface area contributed by atoms with Gasteiger partial charge in [0.05, 0.1) is 6.04 Å². The maximum Gasteiger partial charge on any atom is 0.138 e. The first kappa shape index (κ1) is 6.71. The average Bonchev–Trinajstić information content (AvgIpc) is 2.12. The summed E-state index contributed by atoms with van der Waals surface area (Å²) in [5, 5.41) is 0.